The average Bonchev–Trinajstić information content (AvgIpc) is 2.77. The number of rotatable bonds is 6. The fraction of sp³-hybridized carbons (Fsp3) is 0.160. The number of amides is 1. The minimum Gasteiger partial charge on any atom is -0.300 e. The molecule has 0 radical (unpaired) electrons. The number of anilines is 1. The highest BCUT2D eigenvalue weighted by atomic mass is 35.5. The Bertz CT molecular complexity index is 1000. The highest BCUT2D eigenvalue weighted by Gasteiger charge is 2.59. The normalized spacial score (nSPS) is 21.4. The van der Waals surface area contributed by atoms with Crippen LogP contribution in [-0.2, 0) is 10.5 Å². The molecule has 1 aliphatic heterocycles. The molecule has 1 fully saturated rings. The average molecular weight is 420 g/mol. The Balaban J connectivity index is 1.61. The van der Waals surface area contributed by atoms with Gasteiger partial charge in [0, 0.05) is 11.4 Å². The highest BCUT2D eigenvalue weighted by molar-refractivity contribution is 8.02. The number of alkyl halides is 1. The Morgan fingerprint density at radius 2 is 1.59 bits per heavy atom. The molecule has 0 aromatic heterocycles. The van der Waals surface area contributed by atoms with Crippen molar-refractivity contribution in [1.82, 2.24) is 0 Å². The van der Waals surface area contributed by atoms with E-state index < -0.39 is 4.21 Å². The van der Waals surface area contributed by atoms with Gasteiger partial charge in [-0.05, 0) is 30.2 Å². The van der Waals surface area contributed by atoms with Gasteiger partial charge >= 0.3 is 0 Å². The smallest absolute Gasteiger partial charge is 0.261 e. The third-order valence-corrected chi connectivity index (χ3v) is 7.07. The van der Waals surface area contributed by atoms with Crippen molar-refractivity contribution >= 4 is 41.0 Å². The maximum absolute atomic E-state index is 13.2. The zero-order valence-corrected chi connectivity index (χ0v) is 17.7. The third-order valence-electron chi connectivity index (χ3n) is 5.04. The van der Waals surface area contributed by atoms with Gasteiger partial charge in [0.1, 0.15) is 0 Å². The topological polar surface area (TPSA) is 20.3 Å². The van der Waals surface area contributed by atoms with Crippen LogP contribution in [0.2, 0.25) is 0 Å². The summed E-state index contributed by atoms with van der Waals surface area (Å²) in [6, 6.07) is 28.0. The van der Waals surface area contributed by atoms with E-state index in [9.17, 15) is 4.79 Å². The van der Waals surface area contributed by atoms with Crippen molar-refractivity contribution in [2.24, 2.45) is 0 Å². The number of hydrogen-bond acceptors (Lipinski definition) is 2. The van der Waals surface area contributed by atoms with Crippen molar-refractivity contribution in [2.45, 2.75) is 22.9 Å². The van der Waals surface area contributed by atoms with E-state index in [0.717, 1.165) is 22.4 Å². The Hall–Kier alpha value is -2.49. The molecule has 2 nitrogen and oxygen atoms in total. The van der Waals surface area contributed by atoms with Gasteiger partial charge < -0.3 is 0 Å². The molecule has 0 aliphatic carbocycles. The van der Waals surface area contributed by atoms with Crippen molar-refractivity contribution in [3.8, 4) is 0 Å². The summed E-state index contributed by atoms with van der Waals surface area (Å²) in [7, 11) is 0. The SMILES string of the molecule is Cc1ccc(N2C(=O)[C@@](Cl)(SCc3ccccc3)[C@H]2/C=C/c2ccccc2)cc1. The number of β-lactam (4-membered cyclic amide) rings is 1. The van der Waals surface area contributed by atoms with E-state index in [0.29, 0.717) is 5.75 Å². The van der Waals surface area contributed by atoms with Crippen LogP contribution < -0.4 is 4.90 Å². The van der Waals surface area contributed by atoms with Gasteiger partial charge in [0.2, 0.25) is 0 Å². The van der Waals surface area contributed by atoms with E-state index in [1.165, 1.54) is 11.8 Å². The number of aryl methyl sites for hydroxylation is 1. The molecule has 4 rings (SSSR count). The molecule has 0 saturated carbocycles. The third kappa shape index (κ3) is 4.12. The molecule has 3 aromatic carbocycles. The number of halogens is 1. The van der Waals surface area contributed by atoms with Gasteiger partial charge in [0.25, 0.3) is 5.91 Å². The molecule has 4 heteroatoms. The van der Waals surface area contributed by atoms with Gasteiger partial charge in [-0.25, -0.2) is 0 Å². The zero-order valence-electron chi connectivity index (χ0n) is 16.2. The molecular weight excluding hydrogens is 398 g/mol. The number of hydrogen-bond donors (Lipinski definition) is 0. The van der Waals surface area contributed by atoms with Crippen LogP contribution in [0.3, 0.4) is 0 Å². The summed E-state index contributed by atoms with van der Waals surface area (Å²) in [4.78, 5) is 14.9. The summed E-state index contributed by atoms with van der Waals surface area (Å²) in [6.07, 6.45) is 4.08. The van der Waals surface area contributed by atoms with Crippen molar-refractivity contribution in [3.05, 3.63) is 108 Å². The largest absolute Gasteiger partial charge is 0.300 e. The quantitative estimate of drug-likeness (QED) is 0.345. The van der Waals surface area contributed by atoms with Gasteiger partial charge in [-0.3, -0.25) is 9.69 Å². The van der Waals surface area contributed by atoms with Gasteiger partial charge in [-0.1, -0.05) is 102 Å². The second-order valence-electron chi connectivity index (χ2n) is 7.14. The first kappa shape index (κ1) is 19.8. The lowest BCUT2D eigenvalue weighted by atomic mass is 9.97. The lowest BCUT2D eigenvalue weighted by Crippen LogP contribution is -2.69. The van der Waals surface area contributed by atoms with Gasteiger partial charge in [0.05, 0.1) is 6.04 Å². The molecule has 1 heterocycles. The van der Waals surface area contributed by atoms with Crippen LogP contribution in [0.5, 0.6) is 0 Å². The van der Waals surface area contributed by atoms with E-state index >= 15 is 0 Å². The first-order valence-electron chi connectivity index (χ1n) is 9.58. The van der Waals surface area contributed by atoms with Crippen molar-refractivity contribution in [2.75, 3.05) is 4.90 Å². The molecule has 1 saturated heterocycles. The minimum atomic E-state index is -1.01. The minimum absolute atomic E-state index is 0.0633. The van der Waals surface area contributed by atoms with Crippen molar-refractivity contribution < 1.29 is 4.79 Å². The van der Waals surface area contributed by atoms with Crippen molar-refractivity contribution in [3.63, 3.8) is 0 Å². The highest BCUT2D eigenvalue weighted by Crippen LogP contribution is 2.50. The monoisotopic (exact) mass is 419 g/mol. The second kappa shape index (κ2) is 8.48. The lowest BCUT2D eigenvalue weighted by Gasteiger charge is -2.51. The second-order valence-corrected chi connectivity index (χ2v) is 9.19. The molecule has 0 bridgehead atoms. The number of carbonyl (C=O) groups is 1. The lowest BCUT2D eigenvalue weighted by molar-refractivity contribution is -0.124. The van der Waals surface area contributed by atoms with E-state index in [1.807, 2.05) is 91.9 Å². The van der Waals surface area contributed by atoms with E-state index in [4.69, 9.17) is 11.6 Å². The number of benzene rings is 3. The Morgan fingerprint density at radius 3 is 2.24 bits per heavy atom. The molecule has 0 spiro atoms. The maximum Gasteiger partial charge on any atom is 0.261 e. The number of carbonyl (C=O) groups excluding carboxylic acids is 1. The summed E-state index contributed by atoms with van der Waals surface area (Å²) in [6.45, 7) is 2.04. The molecule has 1 aliphatic rings. The van der Waals surface area contributed by atoms with Crippen LogP contribution in [-0.4, -0.2) is 16.2 Å². The van der Waals surface area contributed by atoms with E-state index in [-0.39, 0.29) is 11.9 Å². The standard InChI is InChI=1S/C25H22ClNOS/c1-19-12-15-22(16-13-19)27-23(17-14-20-8-4-2-5-9-20)25(26,24(27)28)29-18-21-10-6-3-7-11-21/h2-17,23H,18H2,1H3/b17-14+/t23-,25+/m1/s1. The molecule has 146 valence electrons. The molecule has 2 atom stereocenters. The molecule has 0 unspecified atom stereocenters. The van der Waals surface area contributed by atoms with Crippen LogP contribution in [0.25, 0.3) is 6.08 Å². The van der Waals surface area contributed by atoms with Crippen LogP contribution in [0, 0.1) is 6.92 Å². The summed E-state index contributed by atoms with van der Waals surface area (Å²) in [5, 5.41) is 0. The Labute approximate surface area is 181 Å². The molecular formula is C25H22ClNOS. The van der Waals surface area contributed by atoms with Crippen LogP contribution in [0.1, 0.15) is 16.7 Å². The van der Waals surface area contributed by atoms with Crippen LogP contribution >= 0.6 is 23.4 Å². The van der Waals surface area contributed by atoms with Crippen LogP contribution in [0.4, 0.5) is 5.69 Å². The maximum atomic E-state index is 13.2. The van der Waals surface area contributed by atoms with E-state index in [1.54, 1.807) is 4.90 Å². The van der Waals surface area contributed by atoms with E-state index in [2.05, 4.69) is 12.1 Å². The molecule has 3 aromatic rings. The van der Waals surface area contributed by atoms with Gasteiger partial charge in [-0.15, -0.1) is 11.8 Å². The Kier molecular flexibility index (Phi) is 5.79. The van der Waals surface area contributed by atoms with Gasteiger partial charge in [0.15, 0.2) is 4.21 Å². The van der Waals surface area contributed by atoms with Crippen LogP contribution in [0.15, 0.2) is 91.0 Å². The fourth-order valence-electron chi connectivity index (χ4n) is 3.39. The van der Waals surface area contributed by atoms with Gasteiger partial charge in [-0.2, -0.15) is 0 Å². The Morgan fingerprint density at radius 1 is 0.966 bits per heavy atom. The first-order valence-corrected chi connectivity index (χ1v) is 10.9. The fourth-order valence-corrected chi connectivity index (χ4v) is 4.96. The first-order chi connectivity index (χ1) is 14.1. The predicted octanol–water partition coefficient (Wildman–Crippen LogP) is 6.29. The zero-order chi connectivity index (χ0) is 20.3. The number of nitrogens with zero attached hydrogens (tertiary/aromatic N) is 1. The summed E-state index contributed by atoms with van der Waals surface area (Å²) < 4.78 is -1.01. The summed E-state index contributed by atoms with van der Waals surface area (Å²) in [5.41, 5.74) is 4.28. The number of thioether (sulfide) groups is 1. The molecule has 1 amide bonds. The summed E-state index contributed by atoms with van der Waals surface area (Å²) >= 11 is 8.43. The molecule has 29 heavy (non-hydrogen) atoms. The van der Waals surface area contributed by atoms with Crippen molar-refractivity contribution in [1.29, 1.82) is 0 Å². The molecule has 0 N–H and O–H groups in total. The predicted molar refractivity (Wildman–Crippen MR) is 124 cm³/mol. The summed E-state index contributed by atoms with van der Waals surface area (Å²) in [5.74, 6) is 0.625.